The summed E-state index contributed by atoms with van der Waals surface area (Å²) in [6, 6.07) is 8.62. The van der Waals surface area contributed by atoms with Crippen molar-refractivity contribution in [3.05, 3.63) is 60.4 Å². The van der Waals surface area contributed by atoms with Gasteiger partial charge in [-0.05, 0) is 128 Å². The van der Waals surface area contributed by atoms with Crippen LogP contribution in [0.5, 0.6) is 0 Å². The Balaban J connectivity index is 0.000000183. The number of carbonyl (C=O) groups is 2. The predicted octanol–water partition coefficient (Wildman–Crippen LogP) is 5.56. The zero-order valence-electron chi connectivity index (χ0n) is 35.3. The molecule has 4 saturated heterocycles. The Hall–Kier alpha value is -4.17. The first-order valence-electron chi connectivity index (χ1n) is 20.9. The topological polar surface area (TPSA) is 157 Å². The quantitative estimate of drug-likeness (QED) is 0.214. The van der Waals surface area contributed by atoms with Crippen molar-refractivity contribution >= 4 is 57.5 Å². The number of piperidine rings is 2. The van der Waals surface area contributed by atoms with Gasteiger partial charge in [0.2, 0.25) is 5.91 Å². The van der Waals surface area contributed by atoms with Crippen LogP contribution in [0.1, 0.15) is 63.8 Å². The Kier molecular flexibility index (Phi) is 16.0. The molecule has 4 N–H and O–H groups in total. The molecule has 13 nitrogen and oxygen atoms in total. The second-order valence-electron chi connectivity index (χ2n) is 17.2. The fourth-order valence-electron chi connectivity index (χ4n) is 8.73. The Morgan fingerprint density at radius 2 is 1.19 bits per heavy atom. The SMILES string of the molecule is CN1CCC(CC(=O)O)CC1.Cc1ncc(N2C[C@@H](C)[C@@H](N)C2)c2cccnc12.Cc1ncc(N2C[C@@H](C)[C@@H](NC(=O)CC3CCN(C)CC3)C2)c2cccnc12.Cl. The van der Waals surface area contributed by atoms with E-state index in [4.69, 9.17) is 10.8 Å². The summed E-state index contributed by atoms with van der Waals surface area (Å²) < 4.78 is 0. The number of amides is 1. The van der Waals surface area contributed by atoms with E-state index >= 15 is 0 Å². The van der Waals surface area contributed by atoms with E-state index in [0.717, 1.165) is 117 Å². The van der Waals surface area contributed by atoms with Crippen molar-refractivity contribution in [2.45, 2.75) is 78.3 Å². The number of carboxylic acids is 1. The molecule has 4 aromatic rings. The number of halogens is 1. The van der Waals surface area contributed by atoms with Crippen LogP contribution in [0.4, 0.5) is 11.4 Å². The summed E-state index contributed by atoms with van der Waals surface area (Å²) in [5, 5.41) is 14.1. The van der Waals surface area contributed by atoms with Crippen molar-refractivity contribution in [1.82, 2.24) is 35.1 Å². The summed E-state index contributed by atoms with van der Waals surface area (Å²) in [7, 11) is 4.24. The number of hydrogen-bond acceptors (Lipinski definition) is 11. The highest BCUT2D eigenvalue weighted by atomic mass is 35.5. The van der Waals surface area contributed by atoms with E-state index in [-0.39, 0.29) is 30.4 Å². The molecule has 14 heteroatoms. The van der Waals surface area contributed by atoms with Crippen molar-refractivity contribution in [1.29, 1.82) is 0 Å². The van der Waals surface area contributed by atoms with Crippen LogP contribution >= 0.6 is 12.4 Å². The number of carboxylic acid groups (broad SMARTS) is 1. The first-order valence-corrected chi connectivity index (χ1v) is 20.9. The fraction of sp³-hybridized carbons (Fsp3) is 0.591. The predicted molar refractivity (Wildman–Crippen MR) is 236 cm³/mol. The van der Waals surface area contributed by atoms with Crippen LogP contribution in [0.2, 0.25) is 0 Å². The maximum Gasteiger partial charge on any atom is 0.303 e. The molecule has 1 amide bonds. The second-order valence-corrected chi connectivity index (χ2v) is 17.2. The average molecular weight is 818 g/mol. The first kappa shape index (κ1) is 44.9. The minimum absolute atomic E-state index is 0. The monoisotopic (exact) mass is 816 g/mol. The van der Waals surface area contributed by atoms with Gasteiger partial charge in [-0.3, -0.25) is 29.5 Å². The van der Waals surface area contributed by atoms with Gasteiger partial charge in [0.25, 0.3) is 0 Å². The van der Waals surface area contributed by atoms with Crippen LogP contribution in [0.3, 0.4) is 0 Å². The number of aliphatic carboxylic acids is 1. The lowest BCUT2D eigenvalue weighted by molar-refractivity contribution is -0.138. The van der Waals surface area contributed by atoms with Crippen molar-refractivity contribution in [2.75, 3.05) is 76.3 Å². The van der Waals surface area contributed by atoms with Gasteiger partial charge in [-0.1, -0.05) is 13.8 Å². The number of nitrogens with one attached hydrogen (secondary N) is 1. The molecule has 0 saturated carbocycles. The van der Waals surface area contributed by atoms with Crippen molar-refractivity contribution in [3.8, 4) is 0 Å². The summed E-state index contributed by atoms with van der Waals surface area (Å²) in [5.41, 5.74) is 12.3. The van der Waals surface area contributed by atoms with Gasteiger partial charge in [-0.15, -0.1) is 12.4 Å². The van der Waals surface area contributed by atoms with Crippen molar-refractivity contribution in [2.24, 2.45) is 29.4 Å². The number of anilines is 2. The number of aryl methyl sites for hydroxylation is 2. The van der Waals surface area contributed by atoms with Crippen LogP contribution < -0.4 is 20.9 Å². The van der Waals surface area contributed by atoms with Crippen LogP contribution in [-0.2, 0) is 9.59 Å². The number of nitrogens with two attached hydrogens (primary N) is 1. The number of rotatable bonds is 7. The smallest absolute Gasteiger partial charge is 0.303 e. The van der Waals surface area contributed by atoms with Crippen LogP contribution in [0.15, 0.2) is 49.1 Å². The molecule has 0 aliphatic carbocycles. The number of fused-ring (bicyclic) bond motifs is 2. The maximum absolute atomic E-state index is 12.6. The largest absolute Gasteiger partial charge is 0.481 e. The number of nitrogens with zero attached hydrogens (tertiary/aromatic N) is 8. The molecule has 4 atom stereocenters. The molecule has 316 valence electrons. The summed E-state index contributed by atoms with van der Waals surface area (Å²) in [6.45, 7) is 16.4. The number of hydrogen-bond donors (Lipinski definition) is 3. The van der Waals surface area contributed by atoms with Crippen LogP contribution in [0.25, 0.3) is 21.8 Å². The molecule has 8 heterocycles. The number of likely N-dealkylation sites (tertiary alicyclic amines) is 2. The Morgan fingerprint density at radius 3 is 1.66 bits per heavy atom. The molecule has 0 unspecified atom stereocenters. The molecular weight excluding hydrogens is 752 g/mol. The zero-order chi connectivity index (χ0) is 40.6. The molecule has 4 aliphatic heterocycles. The third kappa shape index (κ3) is 11.5. The number of aromatic nitrogens is 4. The van der Waals surface area contributed by atoms with E-state index in [1.54, 1.807) is 0 Å². The van der Waals surface area contributed by atoms with Gasteiger partial charge >= 0.3 is 5.97 Å². The summed E-state index contributed by atoms with van der Waals surface area (Å²) in [4.78, 5) is 50.2. The lowest BCUT2D eigenvalue weighted by atomic mass is 9.93. The molecule has 0 bridgehead atoms. The molecule has 0 spiro atoms. The maximum atomic E-state index is 12.6. The van der Waals surface area contributed by atoms with E-state index in [0.29, 0.717) is 36.5 Å². The lowest BCUT2D eigenvalue weighted by Crippen LogP contribution is -2.41. The van der Waals surface area contributed by atoms with Gasteiger partial charge in [0.05, 0.1) is 52.2 Å². The molecule has 0 aromatic carbocycles. The summed E-state index contributed by atoms with van der Waals surface area (Å²) in [5.74, 6) is 1.44. The van der Waals surface area contributed by atoms with Gasteiger partial charge in [-0.25, -0.2) is 0 Å². The molecule has 0 radical (unpaired) electrons. The van der Waals surface area contributed by atoms with Crippen LogP contribution in [0, 0.1) is 37.5 Å². The highest BCUT2D eigenvalue weighted by molar-refractivity contribution is 5.93. The van der Waals surface area contributed by atoms with Gasteiger partial charge in [0, 0.05) is 68.2 Å². The van der Waals surface area contributed by atoms with Crippen molar-refractivity contribution in [3.63, 3.8) is 0 Å². The molecule has 4 fully saturated rings. The van der Waals surface area contributed by atoms with E-state index in [9.17, 15) is 9.59 Å². The second kappa shape index (κ2) is 20.7. The highest BCUT2D eigenvalue weighted by Gasteiger charge is 2.33. The number of pyridine rings is 4. The van der Waals surface area contributed by atoms with E-state index < -0.39 is 5.97 Å². The number of carbonyl (C=O) groups excluding carboxylic acids is 1. The molecular formula is C44H65ClN10O3. The standard InChI is InChI=1S/C22H31N5O.C14H18N4.C8H15NO2.ClH/c1-15-13-27(20-12-24-16(2)22-18(20)5-4-8-23-22)14-19(15)25-21(28)11-17-6-9-26(3)10-7-17;1-9-7-18(8-12(9)15)13-6-17-10(2)14-11(13)4-3-5-16-14;1-9-4-2-7(3-5-9)6-8(10)11;/h4-5,8,12,15,17,19H,6-7,9-11,13-14H2,1-3H3,(H,25,28);3-6,9,12H,7-8,15H2,1-2H3;7H,2-6H2,1H3,(H,10,11);1H/t15-,19+;9-,12+;;/m11../s1. The highest BCUT2D eigenvalue weighted by Crippen LogP contribution is 2.32. The molecule has 58 heavy (non-hydrogen) atoms. The third-order valence-electron chi connectivity index (χ3n) is 12.5. The van der Waals surface area contributed by atoms with E-state index in [1.165, 1.54) is 5.39 Å². The van der Waals surface area contributed by atoms with E-state index in [1.807, 2.05) is 50.8 Å². The zero-order valence-corrected chi connectivity index (χ0v) is 36.1. The van der Waals surface area contributed by atoms with Gasteiger partial charge in [0.1, 0.15) is 0 Å². The van der Waals surface area contributed by atoms with Crippen molar-refractivity contribution < 1.29 is 14.7 Å². The lowest BCUT2D eigenvalue weighted by Gasteiger charge is -2.29. The Morgan fingerprint density at radius 1 is 0.724 bits per heavy atom. The minimum Gasteiger partial charge on any atom is -0.481 e. The third-order valence-corrected chi connectivity index (χ3v) is 12.5. The van der Waals surface area contributed by atoms with Gasteiger partial charge < -0.3 is 35.8 Å². The molecule has 4 aliphatic rings. The summed E-state index contributed by atoms with van der Waals surface area (Å²) >= 11 is 0. The normalized spacial score (nSPS) is 23.2. The van der Waals surface area contributed by atoms with Gasteiger partial charge in [-0.2, -0.15) is 0 Å². The Labute approximate surface area is 350 Å². The Bertz CT molecular complexity index is 1960. The molecule has 8 rings (SSSR count). The fourth-order valence-corrected chi connectivity index (χ4v) is 8.73. The van der Waals surface area contributed by atoms with Crippen LogP contribution in [-0.4, -0.2) is 125 Å². The molecule has 4 aromatic heterocycles. The van der Waals surface area contributed by atoms with Gasteiger partial charge in [0.15, 0.2) is 0 Å². The average Bonchev–Trinajstić information content (AvgIpc) is 3.73. The minimum atomic E-state index is -0.653. The first-order chi connectivity index (χ1) is 27.4. The summed E-state index contributed by atoms with van der Waals surface area (Å²) in [6.07, 6.45) is 12.9. The van der Waals surface area contributed by atoms with E-state index in [2.05, 4.69) is 84.9 Å².